The molecule has 0 amide bonds. The number of rotatable bonds is 5. The zero-order valence-corrected chi connectivity index (χ0v) is 17.9. The summed E-state index contributed by atoms with van der Waals surface area (Å²) < 4.78 is 0. The molecule has 162 valence electrons. The lowest BCUT2D eigenvalue weighted by atomic mass is 9.43. The molecule has 7 atom stereocenters. The first kappa shape index (κ1) is 21.0. The first-order valence-electron chi connectivity index (χ1n) is 11.4. The van der Waals surface area contributed by atoms with Crippen molar-refractivity contribution in [3.8, 4) is 0 Å². The van der Waals surface area contributed by atoms with Crippen LogP contribution in [0.25, 0.3) is 0 Å². The Balaban J connectivity index is 1.61. The molecule has 0 bridgehead atoms. The molecule has 3 N–H and O–H groups in total. The van der Waals surface area contributed by atoms with Gasteiger partial charge in [-0.05, 0) is 74.7 Å². The van der Waals surface area contributed by atoms with Gasteiger partial charge in [0.2, 0.25) is 0 Å². The average Bonchev–Trinajstić information content (AvgIpc) is 3.01. The normalized spacial score (nSPS) is 45.7. The van der Waals surface area contributed by atoms with Crippen LogP contribution in [0.2, 0.25) is 0 Å². The van der Waals surface area contributed by atoms with Crippen LogP contribution in [-0.2, 0) is 14.4 Å². The zero-order valence-electron chi connectivity index (χ0n) is 17.9. The molecule has 6 nitrogen and oxygen atoms in total. The van der Waals surface area contributed by atoms with Gasteiger partial charge in [0.15, 0.2) is 0 Å². The number of carbonyl (C=O) groups excluding carboxylic acids is 2. The van der Waals surface area contributed by atoms with Crippen molar-refractivity contribution >= 4 is 17.3 Å². The van der Waals surface area contributed by atoms with Crippen LogP contribution >= 0.6 is 0 Å². The van der Waals surface area contributed by atoms with Crippen molar-refractivity contribution in [3.63, 3.8) is 0 Å². The SMILES string of the molecule is C[C@]12CCC(=NOCCCN)CC1C(CO)C(=O)[C@@H]1[C@H]2CC[C@]2(C)C(=O)CC[C@@H]12. The molecule has 0 aromatic carbocycles. The molecule has 4 fully saturated rings. The number of nitrogens with zero attached hydrogens (tertiary/aromatic N) is 1. The molecule has 0 aliphatic heterocycles. The molecular formula is C23H36N2O4. The van der Waals surface area contributed by atoms with Gasteiger partial charge in [-0.1, -0.05) is 19.0 Å². The second kappa shape index (κ2) is 7.77. The number of aliphatic hydroxyl groups is 1. The summed E-state index contributed by atoms with van der Waals surface area (Å²) in [4.78, 5) is 31.7. The zero-order chi connectivity index (χ0) is 20.8. The van der Waals surface area contributed by atoms with Gasteiger partial charge in [-0.25, -0.2) is 0 Å². The molecular weight excluding hydrogens is 368 g/mol. The first-order chi connectivity index (χ1) is 13.9. The number of carbonyl (C=O) groups is 2. The maximum atomic E-state index is 13.6. The molecule has 2 unspecified atom stereocenters. The van der Waals surface area contributed by atoms with Gasteiger partial charge in [-0.3, -0.25) is 9.59 Å². The summed E-state index contributed by atoms with van der Waals surface area (Å²) >= 11 is 0. The average molecular weight is 405 g/mol. The summed E-state index contributed by atoms with van der Waals surface area (Å²) in [5.74, 6) is 0.694. The standard InChI is InChI=1S/C23H36N2O4/c1-22-8-6-14(25-29-11-3-10-24)12-18(22)15(13-26)21(28)20-16-4-5-19(27)23(16,2)9-7-17(20)22/h15-18,20,26H,3-13,24H2,1-2H3/t15?,16-,17+,18?,20-,22+,23-/m0/s1. The Kier molecular flexibility index (Phi) is 5.62. The van der Waals surface area contributed by atoms with E-state index in [-0.39, 0.29) is 46.9 Å². The van der Waals surface area contributed by atoms with Crippen LogP contribution in [0.15, 0.2) is 5.16 Å². The summed E-state index contributed by atoms with van der Waals surface area (Å²) in [5.41, 5.74) is 6.19. The molecule has 4 aliphatic rings. The predicted molar refractivity (Wildman–Crippen MR) is 110 cm³/mol. The van der Waals surface area contributed by atoms with Crippen molar-refractivity contribution in [1.29, 1.82) is 0 Å². The minimum atomic E-state index is -0.353. The van der Waals surface area contributed by atoms with E-state index in [4.69, 9.17) is 10.6 Å². The van der Waals surface area contributed by atoms with Gasteiger partial charge in [0.05, 0.1) is 12.3 Å². The van der Waals surface area contributed by atoms with E-state index in [1.165, 1.54) is 0 Å². The monoisotopic (exact) mass is 404 g/mol. The van der Waals surface area contributed by atoms with Crippen LogP contribution in [0.4, 0.5) is 0 Å². The Hall–Kier alpha value is -1.27. The lowest BCUT2D eigenvalue weighted by Gasteiger charge is -2.60. The third-order valence-corrected chi connectivity index (χ3v) is 9.09. The molecule has 4 saturated carbocycles. The van der Waals surface area contributed by atoms with Crippen LogP contribution < -0.4 is 5.73 Å². The van der Waals surface area contributed by atoms with Crippen LogP contribution in [0.5, 0.6) is 0 Å². The predicted octanol–water partition coefficient (Wildman–Crippen LogP) is 2.72. The summed E-state index contributed by atoms with van der Waals surface area (Å²) in [6.07, 6.45) is 6.64. The van der Waals surface area contributed by atoms with E-state index >= 15 is 0 Å². The van der Waals surface area contributed by atoms with E-state index in [1.807, 2.05) is 0 Å². The Morgan fingerprint density at radius 3 is 2.66 bits per heavy atom. The maximum Gasteiger partial charge on any atom is 0.142 e. The van der Waals surface area contributed by atoms with Crippen molar-refractivity contribution in [1.82, 2.24) is 0 Å². The van der Waals surface area contributed by atoms with E-state index in [9.17, 15) is 14.7 Å². The lowest BCUT2D eigenvalue weighted by Crippen LogP contribution is -2.61. The largest absolute Gasteiger partial charge is 0.396 e. The molecule has 0 aromatic rings. The number of hydrogen-bond donors (Lipinski definition) is 2. The van der Waals surface area contributed by atoms with Crippen LogP contribution in [0.1, 0.15) is 65.2 Å². The molecule has 0 radical (unpaired) electrons. The maximum absolute atomic E-state index is 13.6. The van der Waals surface area contributed by atoms with Crippen LogP contribution in [0, 0.1) is 40.4 Å². The van der Waals surface area contributed by atoms with Crippen LogP contribution in [0.3, 0.4) is 0 Å². The summed E-state index contributed by atoms with van der Waals surface area (Å²) in [6.45, 7) is 5.40. The van der Waals surface area contributed by atoms with Gasteiger partial charge in [-0.2, -0.15) is 0 Å². The third-order valence-electron chi connectivity index (χ3n) is 9.09. The molecule has 0 heterocycles. The third kappa shape index (κ3) is 3.18. The summed E-state index contributed by atoms with van der Waals surface area (Å²) in [7, 11) is 0. The number of oxime groups is 1. The number of fused-ring (bicyclic) bond motifs is 5. The number of aliphatic hydroxyl groups excluding tert-OH is 1. The minimum absolute atomic E-state index is 0.00915. The topological polar surface area (TPSA) is 102 Å². The summed E-state index contributed by atoms with van der Waals surface area (Å²) in [5, 5.41) is 14.6. The van der Waals surface area contributed by atoms with E-state index in [0.29, 0.717) is 31.3 Å². The highest BCUT2D eigenvalue weighted by Gasteiger charge is 2.64. The molecule has 0 saturated heterocycles. The minimum Gasteiger partial charge on any atom is -0.396 e. The quantitative estimate of drug-likeness (QED) is 0.542. The van der Waals surface area contributed by atoms with E-state index in [0.717, 1.165) is 50.7 Å². The highest BCUT2D eigenvalue weighted by atomic mass is 16.6. The Bertz CT molecular complexity index is 707. The van der Waals surface area contributed by atoms with Crippen molar-refractivity contribution in [2.24, 2.45) is 51.3 Å². The number of hydrogen-bond acceptors (Lipinski definition) is 6. The van der Waals surface area contributed by atoms with Crippen molar-refractivity contribution < 1.29 is 19.5 Å². The molecule has 0 aromatic heterocycles. The molecule has 4 rings (SSSR count). The lowest BCUT2D eigenvalue weighted by molar-refractivity contribution is -0.166. The van der Waals surface area contributed by atoms with Gasteiger partial charge in [0.25, 0.3) is 0 Å². The Morgan fingerprint density at radius 2 is 1.93 bits per heavy atom. The van der Waals surface area contributed by atoms with E-state index in [1.54, 1.807) is 0 Å². The highest BCUT2D eigenvalue weighted by Crippen LogP contribution is 2.65. The fraction of sp³-hybridized carbons (Fsp3) is 0.870. The van der Waals surface area contributed by atoms with E-state index < -0.39 is 0 Å². The fourth-order valence-corrected chi connectivity index (χ4v) is 7.33. The first-order valence-corrected chi connectivity index (χ1v) is 11.4. The van der Waals surface area contributed by atoms with Gasteiger partial charge in [0.1, 0.15) is 18.2 Å². The van der Waals surface area contributed by atoms with Gasteiger partial charge >= 0.3 is 0 Å². The van der Waals surface area contributed by atoms with Crippen molar-refractivity contribution in [3.05, 3.63) is 0 Å². The number of nitrogens with two attached hydrogens (primary N) is 1. The van der Waals surface area contributed by atoms with Crippen LogP contribution in [-0.4, -0.2) is 42.1 Å². The smallest absolute Gasteiger partial charge is 0.142 e. The number of ketones is 2. The summed E-state index contributed by atoms with van der Waals surface area (Å²) in [6, 6.07) is 0. The van der Waals surface area contributed by atoms with Gasteiger partial charge < -0.3 is 15.7 Å². The fourth-order valence-electron chi connectivity index (χ4n) is 7.33. The second-order valence-electron chi connectivity index (χ2n) is 10.3. The Morgan fingerprint density at radius 1 is 1.14 bits per heavy atom. The van der Waals surface area contributed by atoms with Gasteiger partial charge in [0, 0.05) is 23.7 Å². The molecule has 0 spiro atoms. The molecule has 6 heteroatoms. The number of Topliss-reactive ketones (excluding diaryl/α,β-unsaturated/α-hetero) is 2. The second-order valence-corrected chi connectivity index (χ2v) is 10.3. The highest BCUT2D eigenvalue weighted by molar-refractivity contribution is 5.93. The van der Waals surface area contributed by atoms with E-state index in [2.05, 4.69) is 19.0 Å². The van der Waals surface area contributed by atoms with Crippen molar-refractivity contribution in [2.45, 2.75) is 65.2 Å². The molecule has 29 heavy (non-hydrogen) atoms. The molecule has 4 aliphatic carbocycles. The Labute approximate surface area is 173 Å². The van der Waals surface area contributed by atoms with Crippen molar-refractivity contribution in [2.75, 3.05) is 19.8 Å². The van der Waals surface area contributed by atoms with Gasteiger partial charge in [-0.15, -0.1) is 0 Å².